The normalized spacial score (nSPS) is 17.4. The van der Waals surface area contributed by atoms with E-state index in [9.17, 15) is 24.0 Å². The number of carbonyl (C=O) groups is 5. The molecule has 1 unspecified atom stereocenters. The number of amides is 4. The van der Waals surface area contributed by atoms with Crippen LogP contribution in [0.4, 0.5) is 5.69 Å². The molecule has 1 atom stereocenters. The van der Waals surface area contributed by atoms with E-state index in [-0.39, 0.29) is 30.3 Å². The molecule has 0 aromatic heterocycles. The lowest BCUT2D eigenvalue weighted by molar-refractivity contribution is -0.155. The molecule has 2 heterocycles. The van der Waals surface area contributed by atoms with Crippen LogP contribution >= 0.6 is 0 Å². The molecule has 2 aliphatic heterocycles. The number of carbonyl (C=O) groups excluding carboxylic acids is 5. The molecule has 2 aliphatic rings. The van der Waals surface area contributed by atoms with Crippen LogP contribution in [0.5, 0.6) is 0 Å². The van der Waals surface area contributed by atoms with Crippen LogP contribution < -0.4 is 10.6 Å². The summed E-state index contributed by atoms with van der Waals surface area (Å²) in [6.45, 7) is 6.34. The van der Waals surface area contributed by atoms with Crippen molar-refractivity contribution in [2.75, 3.05) is 11.9 Å². The van der Waals surface area contributed by atoms with Crippen LogP contribution in [0, 0.1) is 0 Å². The minimum absolute atomic E-state index is 0.100. The van der Waals surface area contributed by atoms with E-state index in [1.807, 2.05) is 20.8 Å². The molecule has 0 aliphatic carbocycles. The first kappa shape index (κ1) is 29.3. The second kappa shape index (κ2) is 13.5. The van der Waals surface area contributed by atoms with Crippen molar-refractivity contribution < 1.29 is 28.7 Å². The van der Waals surface area contributed by atoms with Gasteiger partial charge < -0.3 is 10.1 Å². The third-order valence-corrected chi connectivity index (χ3v) is 6.76. The molecule has 38 heavy (non-hydrogen) atoms. The van der Waals surface area contributed by atoms with Crippen molar-refractivity contribution in [1.29, 1.82) is 0 Å². The number of anilines is 1. The predicted octanol–water partition coefficient (Wildman–Crippen LogP) is 4.74. The van der Waals surface area contributed by atoms with Gasteiger partial charge in [0.15, 0.2) is 0 Å². The molecule has 208 valence electrons. The summed E-state index contributed by atoms with van der Waals surface area (Å²) in [5, 5.41) is 5.51. The highest BCUT2D eigenvalue weighted by Gasteiger charge is 2.45. The fraction of sp³-hybridized carbons (Fsp3) is 0.621. The Labute approximate surface area is 225 Å². The van der Waals surface area contributed by atoms with Gasteiger partial charge in [0.05, 0.1) is 11.1 Å². The molecule has 0 spiro atoms. The standard InChI is InChI=1S/C29H41N3O6/c1-29(2,3)38-24(34)16-11-9-7-5-4-6-8-10-12-19-30-21-15-13-14-20-25(21)28(37)32(27(20)36)22-17-18-23(33)31-26(22)35/h13-15,22,30H,4-12,16-19H2,1-3H3,(H,31,33,35). The van der Waals surface area contributed by atoms with Crippen molar-refractivity contribution in [3.05, 3.63) is 29.3 Å². The molecular weight excluding hydrogens is 486 g/mol. The molecule has 0 radical (unpaired) electrons. The number of ether oxygens (including phenoxy) is 1. The molecule has 3 rings (SSSR count). The van der Waals surface area contributed by atoms with Crippen LogP contribution in [0.2, 0.25) is 0 Å². The van der Waals surface area contributed by atoms with E-state index in [1.54, 1.807) is 18.2 Å². The van der Waals surface area contributed by atoms with Gasteiger partial charge in [0.1, 0.15) is 11.6 Å². The highest BCUT2D eigenvalue weighted by molar-refractivity contribution is 6.25. The first-order valence-corrected chi connectivity index (χ1v) is 13.9. The summed E-state index contributed by atoms with van der Waals surface area (Å²) in [5.74, 6) is -2.09. The Hall–Kier alpha value is -3.23. The van der Waals surface area contributed by atoms with Crippen molar-refractivity contribution in [3.63, 3.8) is 0 Å². The molecule has 0 saturated carbocycles. The maximum Gasteiger partial charge on any atom is 0.306 e. The second-order valence-electron chi connectivity index (χ2n) is 11.1. The number of nitrogens with one attached hydrogen (secondary N) is 2. The van der Waals surface area contributed by atoms with E-state index in [1.165, 1.54) is 19.3 Å². The van der Waals surface area contributed by atoms with Crippen LogP contribution in [0.25, 0.3) is 0 Å². The molecule has 9 nitrogen and oxygen atoms in total. The van der Waals surface area contributed by atoms with Gasteiger partial charge in [-0.2, -0.15) is 0 Å². The minimum Gasteiger partial charge on any atom is -0.460 e. The van der Waals surface area contributed by atoms with Crippen LogP contribution in [0.3, 0.4) is 0 Å². The first-order valence-electron chi connectivity index (χ1n) is 13.9. The Balaban J connectivity index is 1.31. The number of hydrogen-bond donors (Lipinski definition) is 2. The molecule has 2 N–H and O–H groups in total. The Bertz CT molecular complexity index is 1050. The van der Waals surface area contributed by atoms with Gasteiger partial charge in [-0.3, -0.25) is 34.2 Å². The topological polar surface area (TPSA) is 122 Å². The summed E-state index contributed by atoms with van der Waals surface area (Å²) < 4.78 is 5.32. The minimum atomic E-state index is -0.960. The van der Waals surface area contributed by atoms with Crippen molar-refractivity contribution in [3.8, 4) is 0 Å². The number of imide groups is 2. The largest absolute Gasteiger partial charge is 0.460 e. The lowest BCUT2D eigenvalue weighted by Crippen LogP contribution is -2.54. The average molecular weight is 528 g/mol. The zero-order valence-corrected chi connectivity index (χ0v) is 22.9. The van der Waals surface area contributed by atoms with Crippen molar-refractivity contribution >= 4 is 35.3 Å². The van der Waals surface area contributed by atoms with E-state index in [0.29, 0.717) is 24.2 Å². The van der Waals surface area contributed by atoms with Gasteiger partial charge in [-0.1, -0.05) is 51.0 Å². The lowest BCUT2D eigenvalue weighted by atomic mass is 10.0. The SMILES string of the molecule is CC(C)(C)OC(=O)CCCCCCCCCCCNc1cccc2c1C(=O)N(C1CCC(=O)NC1=O)C2=O. The predicted molar refractivity (Wildman–Crippen MR) is 144 cm³/mol. The molecule has 4 amide bonds. The number of unbranched alkanes of at least 4 members (excludes halogenated alkanes) is 8. The zero-order chi connectivity index (χ0) is 27.7. The number of piperidine rings is 1. The Morgan fingerprint density at radius 3 is 2.21 bits per heavy atom. The average Bonchev–Trinajstić information content (AvgIpc) is 3.09. The smallest absolute Gasteiger partial charge is 0.306 e. The van der Waals surface area contributed by atoms with Crippen LogP contribution in [0.1, 0.15) is 119 Å². The summed E-state index contributed by atoms with van der Waals surface area (Å²) >= 11 is 0. The van der Waals surface area contributed by atoms with Gasteiger partial charge in [-0.15, -0.1) is 0 Å². The number of nitrogens with zero attached hydrogens (tertiary/aromatic N) is 1. The second-order valence-corrected chi connectivity index (χ2v) is 11.1. The summed E-state index contributed by atoms with van der Waals surface area (Å²) in [6.07, 6.45) is 10.4. The van der Waals surface area contributed by atoms with Gasteiger partial charge in [0.25, 0.3) is 11.8 Å². The molecule has 1 fully saturated rings. The monoisotopic (exact) mass is 527 g/mol. The highest BCUT2D eigenvalue weighted by Crippen LogP contribution is 2.32. The van der Waals surface area contributed by atoms with E-state index in [4.69, 9.17) is 4.74 Å². The van der Waals surface area contributed by atoms with E-state index in [0.717, 1.165) is 43.4 Å². The molecule has 9 heteroatoms. The molecule has 0 bridgehead atoms. The zero-order valence-electron chi connectivity index (χ0n) is 22.9. The summed E-state index contributed by atoms with van der Waals surface area (Å²) in [7, 11) is 0. The fourth-order valence-corrected chi connectivity index (χ4v) is 4.91. The molecule has 1 saturated heterocycles. The van der Waals surface area contributed by atoms with Crippen molar-refractivity contribution in [2.45, 2.75) is 109 Å². The van der Waals surface area contributed by atoms with Gasteiger partial charge in [0.2, 0.25) is 11.8 Å². The maximum absolute atomic E-state index is 13.1. The molecule has 1 aromatic carbocycles. The van der Waals surface area contributed by atoms with E-state index in [2.05, 4.69) is 10.6 Å². The maximum atomic E-state index is 13.1. The van der Waals surface area contributed by atoms with Crippen LogP contribution in [0.15, 0.2) is 18.2 Å². The number of fused-ring (bicyclic) bond motifs is 1. The summed E-state index contributed by atoms with van der Waals surface area (Å²) in [4.78, 5) is 62.5. The fourth-order valence-electron chi connectivity index (χ4n) is 4.91. The lowest BCUT2D eigenvalue weighted by Gasteiger charge is -2.27. The van der Waals surface area contributed by atoms with Crippen molar-refractivity contribution in [2.24, 2.45) is 0 Å². The number of hydrogen-bond acceptors (Lipinski definition) is 7. The Morgan fingerprint density at radius 2 is 1.58 bits per heavy atom. The molecular formula is C29H41N3O6. The Morgan fingerprint density at radius 1 is 0.947 bits per heavy atom. The number of rotatable bonds is 14. The van der Waals surface area contributed by atoms with Crippen molar-refractivity contribution in [1.82, 2.24) is 10.2 Å². The third kappa shape index (κ3) is 8.13. The van der Waals surface area contributed by atoms with Crippen LogP contribution in [-0.4, -0.2) is 52.7 Å². The van der Waals surface area contributed by atoms with Gasteiger partial charge in [0, 0.05) is 25.1 Å². The highest BCUT2D eigenvalue weighted by atomic mass is 16.6. The quantitative estimate of drug-likeness (QED) is 0.204. The summed E-state index contributed by atoms with van der Waals surface area (Å²) in [5.41, 5.74) is 0.773. The third-order valence-electron chi connectivity index (χ3n) is 6.76. The van der Waals surface area contributed by atoms with Gasteiger partial charge >= 0.3 is 5.97 Å². The van der Waals surface area contributed by atoms with E-state index < -0.39 is 29.4 Å². The van der Waals surface area contributed by atoms with Crippen LogP contribution in [-0.2, 0) is 19.1 Å². The van der Waals surface area contributed by atoms with Gasteiger partial charge in [-0.05, 0) is 52.2 Å². The number of esters is 1. The summed E-state index contributed by atoms with van der Waals surface area (Å²) in [6, 6.07) is 4.15. The van der Waals surface area contributed by atoms with E-state index >= 15 is 0 Å². The molecule has 1 aromatic rings. The first-order chi connectivity index (χ1) is 18.1. The number of benzene rings is 1. The van der Waals surface area contributed by atoms with Gasteiger partial charge in [-0.25, -0.2) is 0 Å². The Kier molecular flexibility index (Phi) is 10.4.